The Bertz CT molecular complexity index is 1140. The summed E-state index contributed by atoms with van der Waals surface area (Å²) in [5.74, 6) is -0.0854. The van der Waals surface area contributed by atoms with Crippen LogP contribution >= 0.6 is 0 Å². The highest BCUT2D eigenvalue weighted by Gasteiger charge is 2.12. The summed E-state index contributed by atoms with van der Waals surface area (Å²) in [5.41, 5.74) is 7.84. The van der Waals surface area contributed by atoms with Crippen molar-refractivity contribution in [1.29, 1.82) is 0 Å². The molecule has 2 aromatic heterocycles. The van der Waals surface area contributed by atoms with E-state index in [4.69, 9.17) is 4.98 Å². The highest BCUT2D eigenvalue weighted by Crippen LogP contribution is 2.30. The summed E-state index contributed by atoms with van der Waals surface area (Å²) in [4.78, 5) is 15.8. The van der Waals surface area contributed by atoms with Crippen molar-refractivity contribution in [3.05, 3.63) is 65.7 Å². The van der Waals surface area contributed by atoms with E-state index in [-0.39, 0.29) is 5.91 Å². The van der Waals surface area contributed by atoms with E-state index in [9.17, 15) is 4.79 Å². The van der Waals surface area contributed by atoms with Gasteiger partial charge in [0.05, 0.1) is 11.4 Å². The summed E-state index contributed by atoms with van der Waals surface area (Å²) in [6.07, 6.45) is 0. The lowest BCUT2D eigenvalue weighted by Gasteiger charge is -2.06. The minimum absolute atomic E-state index is 0.0854. The first-order valence-corrected chi connectivity index (χ1v) is 8.82. The second-order valence-corrected chi connectivity index (χ2v) is 6.74. The number of benzene rings is 2. The number of hydrogen-bond donors (Lipinski definition) is 2. The zero-order chi connectivity index (χ0) is 19.0. The molecule has 4 rings (SSSR count). The molecule has 0 saturated carbocycles. The fourth-order valence-corrected chi connectivity index (χ4v) is 3.29. The molecule has 134 valence electrons. The maximum absolute atomic E-state index is 11.1. The lowest BCUT2D eigenvalue weighted by Crippen LogP contribution is -2.05. The molecule has 4 aromatic rings. The number of anilines is 1. The monoisotopic (exact) mass is 356 g/mol. The first-order valence-electron chi connectivity index (χ1n) is 8.82. The number of amides is 1. The summed E-state index contributed by atoms with van der Waals surface area (Å²) in [7, 11) is 0. The third kappa shape index (κ3) is 3.31. The summed E-state index contributed by atoms with van der Waals surface area (Å²) in [6.45, 7) is 5.69. The maximum atomic E-state index is 11.1. The number of nitrogens with zero attached hydrogens (tertiary/aromatic N) is 2. The van der Waals surface area contributed by atoms with Crippen molar-refractivity contribution in [2.24, 2.45) is 0 Å². The largest absolute Gasteiger partial charge is 0.326 e. The molecule has 1 amide bonds. The quantitative estimate of drug-likeness (QED) is 0.550. The van der Waals surface area contributed by atoms with E-state index in [1.807, 2.05) is 30.3 Å². The van der Waals surface area contributed by atoms with Crippen LogP contribution in [0.5, 0.6) is 0 Å². The van der Waals surface area contributed by atoms with Crippen LogP contribution in [-0.2, 0) is 4.79 Å². The number of hydrogen-bond acceptors (Lipinski definition) is 3. The summed E-state index contributed by atoms with van der Waals surface area (Å²) in [5, 5.41) is 11.3. The van der Waals surface area contributed by atoms with Crippen LogP contribution in [0.25, 0.3) is 33.5 Å². The SMILES string of the molecule is CC(=O)Nc1ccc(-c2ccc3c(-c4ccc(C)cc4C)[nH]nc3n2)cc1. The number of nitrogens with one attached hydrogen (secondary N) is 2. The Morgan fingerprint density at radius 1 is 1.00 bits per heavy atom. The first kappa shape index (κ1) is 17.0. The summed E-state index contributed by atoms with van der Waals surface area (Å²) < 4.78 is 0. The number of aryl methyl sites for hydroxylation is 2. The Morgan fingerprint density at radius 3 is 2.48 bits per heavy atom. The van der Waals surface area contributed by atoms with E-state index in [2.05, 4.69) is 53.6 Å². The molecule has 0 aliphatic rings. The molecule has 5 heteroatoms. The Kier molecular flexibility index (Phi) is 4.20. The van der Waals surface area contributed by atoms with Gasteiger partial charge < -0.3 is 5.32 Å². The molecular formula is C22H20N4O. The average molecular weight is 356 g/mol. The van der Waals surface area contributed by atoms with Gasteiger partial charge in [-0.25, -0.2) is 4.98 Å². The number of carbonyl (C=O) groups excluding carboxylic acids is 1. The Labute approximate surface area is 157 Å². The van der Waals surface area contributed by atoms with Gasteiger partial charge in [-0.1, -0.05) is 35.9 Å². The van der Waals surface area contributed by atoms with Gasteiger partial charge in [0.2, 0.25) is 5.91 Å². The van der Waals surface area contributed by atoms with Crippen molar-refractivity contribution < 1.29 is 4.79 Å². The number of H-pyrrole nitrogens is 1. The Hall–Kier alpha value is -3.47. The molecule has 0 atom stereocenters. The predicted octanol–water partition coefficient (Wildman–Crippen LogP) is 4.87. The van der Waals surface area contributed by atoms with E-state index < -0.39 is 0 Å². The van der Waals surface area contributed by atoms with Crippen LogP contribution in [0.2, 0.25) is 0 Å². The van der Waals surface area contributed by atoms with Gasteiger partial charge in [-0.05, 0) is 43.7 Å². The van der Waals surface area contributed by atoms with Gasteiger partial charge in [0, 0.05) is 29.1 Å². The van der Waals surface area contributed by atoms with Crippen LogP contribution in [0.4, 0.5) is 5.69 Å². The fraction of sp³-hybridized carbons (Fsp3) is 0.136. The van der Waals surface area contributed by atoms with E-state index >= 15 is 0 Å². The van der Waals surface area contributed by atoms with Crippen LogP contribution in [0.3, 0.4) is 0 Å². The van der Waals surface area contributed by atoms with Gasteiger partial charge in [0.25, 0.3) is 0 Å². The zero-order valence-corrected chi connectivity index (χ0v) is 15.5. The van der Waals surface area contributed by atoms with Crippen molar-refractivity contribution in [3.8, 4) is 22.5 Å². The van der Waals surface area contributed by atoms with Crippen molar-refractivity contribution >= 4 is 22.6 Å². The topological polar surface area (TPSA) is 70.7 Å². The van der Waals surface area contributed by atoms with E-state index in [0.29, 0.717) is 5.65 Å². The van der Waals surface area contributed by atoms with Crippen molar-refractivity contribution in [3.63, 3.8) is 0 Å². The molecule has 0 aliphatic heterocycles. The third-order valence-electron chi connectivity index (χ3n) is 4.57. The van der Waals surface area contributed by atoms with Crippen molar-refractivity contribution in [2.75, 3.05) is 5.32 Å². The number of aromatic nitrogens is 3. The molecule has 0 radical (unpaired) electrons. The fourth-order valence-electron chi connectivity index (χ4n) is 3.29. The number of carbonyl (C=O) groups is 1. The molecule has 0 unspecified atom stereocenters. The minimum atomic E-state index is -0.0854. The van der Waals surface area contributed by atoms with Crippen LogP contribution in [0.15, 0.2) is 54.6 Å². The highest BCUT2D eigenvalue weighted by molar-refractivity contribution is 5.93. The molecule has 2 aromatic carbocycles. The van der Waals surface area contributed by atoms with Gasteiger partial charge in [-0.2, -0.15) is 5.10 Å². The van der Waals surface area contributed by atoms with Crippen LogP contribution in [0, 0.1) is 13.8 Å². The average Bonchev–Trinajstić information content (AvgIpc) is 3.05. The molecule has 2 heterocycles. The second kappa shape index (κ2) is 6.68. The minimum Gasteiger partial charge on any atom is -0.326 e. The number of rotatable bonds is 3. The molecule has 2 N–H and O–H groups in total. The van der Waals surface area contributed by atoms with Crippen LogP contribution < -0.4 is 5.32 Å². The normalized spacial score (nSPS) is 10.9. The third-order valence-corrected chi connectivity index (χ3v) is 4.57. The standard InChI is InChI=1S/C22H20N4O/c1-13-4-9-18(14(2)12-13)21-19-10-11-20(24-22(19)26-25-21)16-5-7-17(8-6-16)23-15(3)27/h4-12H,1-3H3,(H,23,27)(H,24,25,26). The van der Waals surface area contributed by atoms with Crippen molar-refractivity contribution in [2.45, 2.75) is 20.8 Å². The van der Waals surface area contributed by atoms with E-state index in [1.54, 1.807) is 0 Å². The van der Waals surface area contributed by atoms with Crippen LogP contribution in [-0.4, -0.2) is 21.1 Å². The number of aromatic amines is 1. The molecule has 5 nitrogen and oxygen atoms in total. The van der Waals surface area contributed by atoms with Gasteiger partial charge in [-0.15, -0.1) is 0 Å². The highest BCUT2D eigenvalue weighted by atomic mass is 16.1. The second-order valence-electron chi connectivity index (χ2n) is 6.74. The smallest absolute Gasteiger partial charge is 0.221 e. The van der Waals surface area contributed by atoms with Gasteiger partial charge in [0.15, 0.2) is 5.65 Å². The number of pyridine rings is 1. The zero-order valence-electron chi connectivity index (χ0n) is 15.5. The van der Waals surface area contributed by atoms with Gasteiger partial charge >= 0.3 is 0 Å². The first-order chi connectivity index (χ1) is 13.0. The summed E-state index contributed by atoms with van der Waals surface area (Å²) >= 11 is 0. The maximum Gasteiger partial charge on any atom is 0.221 e. The lowest BCUT2D eigenvalue weighted by atomic mass is 10.0. The van der Waals surface area contributed by atoms with Crippen LogP contribution in [0.1, 0.15) is 18.1 Å². The molecule has 0 spiro atoms. The molecular weight excluding hydrogens is 336 g/mol. The lowest BCUT2D eigenvalue weighted by molar-refractivity contribution is -0.114. The molecule has 0 bridgehead atoms. The molecule has 0 aliphatic carbocycles. The van der Waals surface area contributed by atoms with Crippen molar-refractivity contribution in [1.82, 2.24) is 15.2 Å². The van der Waals surface area contributed by atoms with E-state index in [0.717, 1.165) is 33.6 Å². The Morgan fingerprint density at radius 2 is 1.78 bits per heavy atom. The van der Waals surface area contributed by atoms with E-state index in [1.165, 1.54) is 18.1 Å². The number of fused-ring (bicyclic) bond motifs is 1. The van der Waals surface area contributed by atoms with Gasteiger partial charge in [0.1, 0.15) is 0 Å². The summed E-state index contributed by atoms with van der Waals surface area (Å²) in [6, 6.07) is 18.1. The molecule has 0 saturated heterocycles. The predicted molar refractivity (Wildman–Crippen MR) is 109 cm³/mol. The Balaban J connectivity index is 1.71. The molecule has 0 fully saturated rings. The van der Waals surface area contributed by atoms with Gasteiger partial charge in [-0.3, -0.25) is 9.89 Å². The molecule has 27 heavy (non-hydrogen) atoms.